The number of fused-ring (bicyclic) bond motifs is 1. The Bertz CT molecular complexity index is 1540. The first-order valence-electron chi connectivity index (χ1n) is 16.7. The molecule has 3 heterocycles. The molecule has 2 aromatic carbocycles. The topological polar surface area (TPSA) is 81.8 Å². The molecule has 1 saturated heterocycles. The number of aromatic nitrogens is 4. The van der Waals surface area contributed by atoms with Gasteiger partial charge >= 0.3 is 0 Å². The zero-order valence-corrected chi connectivity index (χ0v) is 29.8. The van der Waals surface area contributed by atoms with E-state index in [0.717, 1.165) is 66.2 Å². The summed E-state index contributed by atoms with van der Waals surface area (Å²) in [7, 11) is -0.0166. The number of hydrogen-bond acceptors (Lipinski definition) is 7. The van der Waals surface area contributed by atoms with Gasteiger partial charge in [0.1, 0.15) is 29.6 Å². The molecule has 1 unspecified atom stereocenters. The van der Waals surface area contributed by atoms with E-state index in [1.807, 2.05) is 40.7 Å². The molecule has 0 radical (unpaired) electrons. The van der Waals surface area contributed by atoms with Gasteiger partial charge in [0.2, 0.25) is 8.32 Å². The minimum absolute atomic E-state index is 0.0814. The Hall–Kier alpha value is -3.02. The molecule has 46 heavy (non-hydrogen) atoms. The third-order valence-corrected chi connectivity index (χ3v) is 13.5. The maximum atomic E-state index is 6.69. The van der Waals surface area contributed by atoms with Gasteiger partial charge in [-0.2, -0.15) is 5.10 Å². The van der Waals surface area contributed by atoms with Crippen molar-refractivity contribution in [2.45, 2.75) is 97.1 Å². The number of nitrogens with zero attached hydrogens (tertiary/aromatic N) is 4. The van der Waals surface area contributed by atoms with E-state index in [9.17, 15) is 0 Å². The Labute approximate surface area is 275 Å². The van der Waals surface area contributed by atoms with Crippen molar-refractivity contribution < 1.29 is 23.4 Å². The molecule has 0 spiro atoms. The molecule has 10 heteroatoms. The van der Waals surface area contributed by atoms with Gasteiger partial charge in [0.15, 0.2) is 6.23 Å². The summed E-state index contributed by atoms with van der Waals surface area (Å²) < 4.78 is 34.6. The lowest BCUT2D eigenvalue weighted by molar-refractivity contribution is -0.0365. The first-order valence-corrected chi connectivity index (χ1v) is 19.6. The average Bonchev–Trinajstić information content (AvgIpc) is 3.59. The van der Waals surface area contributed by atoms with Crippen molar-refractivity contribution in [3.8, 4) is 17.1 Å². The summed E-state index contributed by atoms with van der Waals surface area (Å²) in [6, 6.07) is 16.6. The zero-order chi connectivity index (χ0) is 32.7. The van der Waals surface area contributed by atoms with Crippen molar-refractivity contribution in [2.24, 2.45) is 7.05 Å². The van der Waals surface area contributed by atoms with Crippen LogP contribution < -0.4 is 4.43 Å². The van der Waals surface area contributed by atoms with Gasteiger partial charge in [-0.3, -0.25) is 0 Å². The van der Waals surface area contributed by atoms with E-state index in [4.69, 9.17) is 33.5 Å². The van der Waals surface area contributed by atoms with Crippen LogP contribution in [0, 0.1) is 0 Å². The Morgan fingerprint density at radius 1 is 1.00 bits per heavy atom. The highest BCUT2D eigenvalue weighted by Gasteiger charge is 2.39. The van der Waals surface area contributed by atoms with Gasteiger partial charge in [-0.05, 0) is 74.5 Å². The molecule has 2 atom stereocenters. The minimum atomic E-state index is -2.01. The molecule has 250 valence electrons. The maximum Gasteiger partial charge on any atom is 0.250 e. The van der Waals surface area contributed by atoms with Crippen LogP contribution in [0.2, 0.25) is 18.1 Å². The van der Waals surface area contributed by atoms with E-state index < -0.39 is 8.32 Å². The molecule has 1 aliphatic heterocycles. The monoisotopic (exact) mass is 648 g/mol. The maximum absolute atomic E-state index is 6.69. The summed E-state index contributed by atoms with van der Waals surface area (Å²) in [5.74, 6) is 1.71. The molecule has 1 aliphatic rings. The standard InChI is InChI=1S/C36H52N4O5Si/c1-27(44-25-28-13-9-8-10-14-28)18-20-41-21-22-42-26-33-37-31(24-39(33)5)35-30-23-29(45-46(6,7)36(2,3)4)16-17-32(30)40(38-35)34-15-11-12-19-43-34/h8-10,13-14,16-17,23-24,27,34H,11-12,15,18-22,25-26H2,1-7H3/t27-,34?/m1/s1. The molecule has 9 nitrogen and oxygen atoms in total. The highest BCUT2D eigenvalue weighted by Crippen LogP contribution is 2.39. The van der Waals surface area contributed by atoms with E-state index in [2.05, 4.69) is 71.1 Å². The van der Waals surface area contributed by atoms with Gasteiger partial charge in [-0.15, -0.1) is 0 Å². The van der Waals surface area contributed by atoms with Crippen LogP contribution in [0.1, 0.15) is 71.0 Å². The normalized spacial score (nSPS) is 16.6. The second-order valence-corrected chi connectivity index (χ2v) is 18.6. The molecule has 0 aliphatic carbocycles. The smallest absolute Gasteiger partial charge is 0.250 e. The molecule has 4 aromatic rings. The number of benzene rings is 2. The summed E-state index contributed by atoms with van der Waals surface area (Å²) in [4.78, 5) is 4.97. The van der Waals surface area contributed by atoms with E-state index >= 15 is 0 Å². The second kappa shape index (κ2) is 15.3. The van der Waals surface area contributed by atoms with Gasteiger partial charge in [0, 0.05) is 31.8 Å². The van der Waals surface area contributed by atoms with Crippen molar-refractivity contribution in [3.63, 3.8) is 0 Å². The van der Waals surface area contributed by atoms with Gasteiger partial charge in [-0.25, -0.2) is 9.67 Å². The van der Waals surface area contributed by atoms with Crippen LogP contribution in [-0.2, 0) is 39.2 Å². The van der Waals surface area contributed by atoms with Gasteiger partial charge in [0.05, 0.1) is 31.4 Å². The first-order chi connectivity index (χ1) is 22.0. The van der Waals surface area contributed by atoms with Crippen LogP contribution >= 0.6 is 0 Å². The average molecular weight is 649 g/mol. The minimum Gasteiger partial charge on any atom is -0.543 e. The summed E-state index contributed by atoms with van der Waals surface area (Å²) >= 11 is 0. The molecular weight excluding hydrogens is 597 g/mol. The van der Waals surface area contributed by atoms with Crippen molar-refractivity contribution >= 4 is 19.2 Å². The Morgan fingerprint density at radius 3 is 2.52 bits per heavy atom. The first kappa shape index (κ1) is 34.3. The Kier molecular flexibility index (Phi) is 11.4. The molecule has 2 aromatic heterocycles. The number of hydrogen-bond donors (Lipinski definition) is 0. The summed E-state index contributed by atoms with van der Waals surface area (Å²) in [5, 5.41) is 6.22. The van der Waals surface area contributed by atoms with Crippen LogP contribution in [0.4, 0.5) is 0 Å². The van der Waals surface area contributed by atoms with Crippen LogP contribution in [0.5, 0.6) is 5.75 Å². The third-order valence-electron chi connectivity index (χ3n) is 9.15. The van der Waals surface area contributed by atoms with E-state index in [0.29, 0.717) is 33.0 Å². The lowest BCUT2D eigenvalue weighted by Gasteiger charge is -2.36. The predicted molar refractivity (Wildman–Crippen MR) is 184 cm³/mol. The van der Waals surface area contributed by atoms with Crippen LogP contribution in [-0.4, -0.2) is 60.2 Å². The van der Waals surface area contributed by atoms with E-state index in [1.54, 1.807) is 0 Å². The quantitative estimate of drug-likeness (QED) is 0.0953. The largest absolute Gasteiger partial charge is 0.543 e. The van der Waals surface area contributed by atoms with Gasteiger partial charge < -0.3 is 27.9 Å². The summed E-state index contributed by atoms with van der Waals surface area (Å²) in [6.45, 7) is 16.8. The SMILES string of the molecule is C[C@H](CCOCCOCc1nc(-c2nn(C3CCCCO3)c3ccc(O[Si](C)(C)C(C)(C)C)cc23)cn1C)OCc1ccccc1. The van der Waals surface area contributed by atoms with E-state index in [-0.39, 0.29) is 17.4 Å². The van der Waals surface area contributed by atoms with Crippen molar-refractivity contribution in [1.29, 1.82) is 0 Å². The van der Waals surface area contributed by atoms with Crippen LogP contribution in [0.25, 0.3) is 22.3 Å². The Morgan fingerprint density at radius 2 is 1.78 bits per heavy atom. The Balaban J connectivity index is 1.20. The molecule has 1 fully saturated rings. The molecule has 0 saturated carbocycles. The second-order valence-electron chi connectivity index (χ2n) is 13.9. The number of imidazole rings is 1. The molecular formula is C36H52N4O5Si. The fourth-order valence-electron chi connectivity index (χ4n) is 5.24. The number of rotatable bonds is 15. The molecule has 0 amide bonds. The van der Waals surface area contributed by atoms with Crippen molar-refractivity contribution in [3.05, 3.63) is 66.1 Å². The lowest BCUT2D eigenvalue weighted by atomic mass is 10.1. The van der Waals surface area contributed by atoms with Crippen LogP contribution in [0.3, 0.4) is 0 Å². The molecule has 0 bridgehead atoms. The lowest BCUT2D eigenvalue weighted by Crippen LogP contribution is -2.43. The fourth-order valence-corrected chi connectivity index (χ4v) is 6.26. The van der Waals surface area contributed by atoms with E-state index in [1.165, 1.54) is 5.56 Å². The van der Waals surface area contributed by atoms with Crippen molar-refractivity contribution in [1.82, 2.24) is 19.3 Å². The highest BCUT2D eigenvalue weighted by atomic mass is 28.4. The summed E-state index contributed by atoms with van der Waals surface area (Å²) in [5.41, 5.74) is 3.86. The third kappa shape index (κ3) is 8.66. The summed E-state index contributed by atoms with van der Waals surface area (Å²) in [6.07, 6.45) is 6.08. The molecule has 5 rings (SSSR count). The van der Waals surface area contributed by atoms with Crippen LogP contribution in [0.15, 0.2) is 54.7 Å². The van der Waals surface area contributed by atoms with Gasteiger partial charge in [-0.1, -0.05) is 51.1 Å². The number of aryl methyl sites for hydroxylation is 1. The van der Waals surface area contributed by atoms with Crippen molar-refractivity contribution in [2.75, 3.05) is 26.4 Å². The fraction of sp³-hybridized carbons (Fsp3) is 0.556. The molecule has 0 N–H and O–H groups in total. The number of ether oxygens (including phenoxy) is 4. The zero-order valence-electron chi connectivity index (χ0n) is 28.8. The highest BCUT2D eigenvalue weighted by molar-refractivity contribution is 6.74. The predicted octanol–water partition coefficient (Wildman–Crippen LogP) is 8.05. The van der Waals surface area contributed by atoms with Gasteiger partial charge in [0.25, 0.3) is 0 Å².